The van der Waals surface area contributed by atoms with Gasteiger partial charge in [-0.3, -0.25) is 4.79 Å². The third-order valence-corrected chi connectivity index (χ3v) is 5.04. The van der Waals surface area contributed by atoms with E-state index in [1.165, 1.54) is 5.39 Å². The standard InChI is InChI=1S/C22H30N2O3.ClH/c23-13-5-17-26-19-11-14-24(15-12-19)22(25)10-4-16-27-21-9-3-7-18-6-1-2-8-20(18)21;/h1-3,6-9,19H,4-5,10-17,23H2;1H. The van der Waals surface area contributed by atoms with Crippen LogP contribution in [0.2, 0.25) is 0 Å². The summed E-state index contributed by atoms with van der Waals surface area (Å²) >= 11 is 0. The van der Waals surface area contributed by atoms with Crippen molar-refractivity contribution in [3.8, 4) is 5.75 Å². The fourth-order valence-corrected chi connectivity index (χ4v) is 3.49. The first-order valence-corrected chi connectivity index (χ1v) is 9.98. The first kappa shape index (κ1) is 22.5. The van der Waals surface area contributed by atoms with Crippen molar-refractivity contribution in [1.82, 2.24) is 4.90 Å². The number of carbonyl (C=O) groups excluding carboxylic acids is 1. The topological polar surface area (TPSA) is 64.8 Å². The minimum Gasteiger partial charge on any atom is -0.493 e. The SMILES string of the molecule is Cl.NCCCOC1CCN(C(=O)CCCOc2cccc3ccccc23)CC1. The Kier molecular flexibility index (Phi) is 9.55. The average molecular weight is 407 g/mol. The number of piperidine rings is 1. The number of benzene rings is 2. The van der Waals surface area contributed by atoms with Crippen molar-refractivity contribution in [1.29, 1.82) is 0 Å². The number of nitrogens with two attached hydrogens (primary N) is 1. The van der Waals surface area contributed by atoms with Gasteiger partial charge in [0.25, 0.3) is 0 Å². The van der Waals surface area contributed by atoms with Crippen molar-refractivity contribution in [2.75, 3.05) is 32.8 Å². The van der Waals surface area contributed by atoms with Crippen LogP contribution < -0.4 is 10.5 Å². The number of carbonyl (C=O) groups is 1. The first-order chi connectivity index (χ1) is 13.3. The Morgan fingerprint density at radius 3 is 2.57 bits per heavy atom. The van der Waals surface area contributed by atoms with Crippen molar-refractivity contribution in [3.05, 3.63) is 42.5 Å². The highest BCUT2D eigenvalue weighted by Gasteiger charge is 2.22. The normalized spacial score (nSPS) is 14.7. The molecule has 0 saturated carbocycles. The molecule has 0 spiro atoms. The van der Waals surface area contributed by atoms with Crippen molar-refractivity contribution in [3.63, 3.8) is 0 Å². The molecule has 0 aromatic heterocycles. The predicted octanol–water partition coefficient (Wildman–Crippen LogP) is 3.78. The molecule has 3 rings (SSSR count). The molecule has 0 unspecified atom stereocenters. The maximum absolute atomic E-state index is 12.4. The molecule has 1 aliphatic heterocycles. The van der Waals surface area contributed by atoms with E-state index in [1.807, 2.05) is 29.2 Å². The maximum Gasteiger partial charge on any atom is 0.222 e. The van der Waals surface area contributed by atoms with Crippen molar-refractivity contribution < 1.29 is 14.3 Å². The van der Waals surface area contributed by atoms with Gasteiger partial charge in [-0.05, 0) is 43.7 Å². The molecule has 2 N–H and O–H groups in total. The lowest BCUT2D eigenvalue weighted by Gasteiger charge is -2.32. The lowest BCUT2D eigenvalue weighted by Crippen LogP contribution is -2.41. The second kappa shape index (κ2) is 11.9. The highest BCUT2D eigenvalue weighted by molar-refractivity contribution is 5.88. The van der Waals surface area contributed by atoms with Crippen LogP contribution in [0.4, 0.5) is 0 Å². The molecule has 2 aromatic rings. The summed E-state index contributed by atoms with van der Waals surface area (Å²) in [5.74, 6) is 1.10. The third kappa shape index (κ3) is 6.36. The van der Waals surface area contributed by atoms with Gasteiger partial charge in [0.05, 0.1) is 12.7 Å². The number of rotatable bonds is 9. The molecular formula is C22H31ClN2O3. The summed E-state index contributed by atoms with van der Waals surface area (Å²) in [5.41, 5.74) is 5.49. The molecule has 0 atom stereocenters. The molecule has 1 amide bonds. The number of fused-ring (bicyclic) bond motifs is 1. The lowest BCUT2D eigenvalue weighted by atomic mass is 10.1. The van der Waals surface area contributed by atoms with E-state index in [4.69, 9.17) is 15.2 Å². The molecule has 0 aliphatic carbocycles. The van der Waals surface area contributed by atoms with Crippen LogP contribution in [0.5, 0.6) is 5.75 Å². The van der Waals surface area contributed by atoms with Crippen molar-refractivity contribution in [2.45, 2.75) is 38.2 Å². The maximum atomic E-state index is 12.4. The van der Waals surface area contributed by atoms with E-state index in [0.29, 0.717) is 19.6 Å². The Balaban J connectivity index is 0.00000280. The minimum absolute atomic E-state index is 0. The number of likely N-dealkylation sites (tertiary alicyclic amines) is 1. The molecule has 2 aromatic carbocycles. The van der Waals surface area contributed by atoms with Crippen LogP contribution in [0.15, 0.2) is 42.5 Å². The van der Waals surface area contributed by atoms with E-state index in [0.717, 1.165) is 56.5 Å². The van der Waals surface area contributed by atoms with E-state index in [1.54, 1.807) is 0 Å². The molecule has 0 radical (unpaired) electrons. The van der Waals surface area contributed by atoms with Gasteiger partial charge in [0.1, 0.15) is 5.75 Å². The van der Waals surface area contributed by atoms with Gasteiger partial charge >= 0.3 is 0 Å². The number of nitrogens with zero attached hydrogens (tertiary/aromatic N) is 1. The fourth-order valence-electron chi connectivity index (χ4n) is 3.49. The summed E-state index contributed by atoms with van der Waals surface area (Å²) in [6.07, 6.45) is 4.27. The monoisotopic (exact) mass is 406 g/mol. The van der Waals surface area contributed by atoms with Gasteiger partial charge in [0, 0.05) is 31.5 Å². The summed E-state index contributed by atoms with van der Waals surface area (Å²) in [7, 11) is 0. The fraction of sp³-hybridized carbons (Fsp3) is 0.500. The molecule has 1 fully saturated rings. The Labute approximate surface area is 173 Å². The van der Waals surface area contributed by atoms with E-state index >= 15 is 0 Å². The van der Waals surface area contributed by atoms with Gasteiger partial charge in [-0.2, -0.15) is 0 Å². The molecule has 6 heteroatoms. The van der Waals surface area contributed by atoms with Gasteiger partial charge in [-0.15, -0.1) is 12.4 Å². The van der Waals surface area contributed by atoms with Crippen molar-refractivity contribution in [2.24, 2.45) is 5.73 Å². The molecule has 1 aliphatic rings. The van der Waals surface area contributed by atoms with Crippen LogP contribution in [0.25, 0.3) is 10.8 Å². The van der Waals surface area contributed by atoms with Gasteiger partial charge in [0.15, 0.2) is 0 Å². The molecular weight excluding hydrogens is 376 g/mol. The minimum atomic E-state index is 0. The molecule has 1 heterocycles. The molecule has 5 nitrogen and oxygen atoms in total. The number of hydrogen-bond acceptors (Lipinski definition) is 4. The number of halogens is 1. The Hall–Kier alpha value is -1.82. The summed E-state index contributed by atoms with van der Waals surface area (Å²) in [4.78, 5) is 14.4. The van der Waals surface area contributed by atoms with E-state index < -0.39 is 0 Å². The molecule has 154 valence electrons. The molecule has 28 heavy (non-hydrogen) atoms. The van der Waals surface area contributed by atoms with Gasteiger partial charge in [-0.1, -0.05) is 36.4 Å². The zero-order valence-corrected chi connectivity index (χ0v) is 17.2. The number of amides is 1. The predicted molar refractivity (Wildman–Crippen MR) is 115 cm³/mol. The van der Waals surface area contributed by atoms with E-state index in [-0.39, 0.29) is 24.4 Å². The van der Waals surface area contributed by atoms with Crippen LogP contribution in [0, 0.1) is 0 Å². The van der Waals surface area contributed by atoms with Crippen LogP contribution in [0.3, 0.4) is 0 Å². The first-order valence-electron chi connectivity index (χ1n) is 9.98. The van der Waals surface area contributed by atoms with Gasteiger partial charge in [-0.25, -0.2) is 0 Å². The van der Waals surface area contributed by atoms with Crippen LogP contribution in [-0.2, 0) is 9.53 Å². The summed E-state index contributed by atoms with van der Waals surface area (Å²) in [5, 5.41) is 2.28. The summed E-state index contributed by atoms with van der Waals surface area (Å²) in [6.45, 7) is 3.52. The second-order valence-corrected chi connectivity index (χ2v) is 7.02. The average Bonchev–Trinajstić information content (AvgIpc) is 2.72. The van der Waals surface area contributed by atoms with Gasteiger partial charge < -0.3 is 20.1 Å². The largest absolute Gasteiger partial charge is 0.493 e. The zero-order valence-electron chi connectivity index (χ0n) is 16.3. The third-order valence-electron chi connectivity index (χ3n) is 5.04. The molecule has 1 saturated heterocycles. The highest BCUT2D eigenvalue weighted by atomic mass is 35.5. The second-order valence-electron chi connectivity index (χ2n) is 7.02. The molecule has 0 bridgehead atoms. The van der Waals surface area contributed by atoms with Gasteiger partial charge in [0.2, 0.25) is 5.91 Å². The Bertz CT molecular complexity index is 727. The quantitative estimate of drug-likeness (QED) is 0.643. The van der Waals surface area contributed by atoms with Crippen molar-refractivity contribution >= 4 is 29.1 Å². The van der Waals surface area contributed by atoms with E-state index in [9.17, 15) is 4.79 Å². The van der Waals surface area contributed by atoms with Crippen LogP contribution in [0.1, 0.15) is 32.1 Å². The smallest absolute Gasteiger partial charge is 0.222 e. The van der Waals surface area contributed by atoms with Crippen LogP contribution in [-0.4, -0.2) is 49.8 Å². The Morgan fingerprint density at radius 2 is 1.79 bits per heavy atom. The zero-order chi connectivity index (χ0) is 18.9. The van der Waals surface area contributed by atoms with Crippen LogP contribution >= 0.6 is 12.4 Å². The Morgan fingerprint density at radius 1 is 1.04 bits per heavy atom. The highest BCUT2D eigenvalue weighted by Crippen LogP contribution is 2.25. The summed E-state index contributed by atoms with van der Waals surface area (Å²) < 4.78 is 11.7. The number of ether oxygens (including phenoxy) is 2. The number of hydrogen-bond donors (Lipinski definition) is 1. The van der Waals surface area contributed by atoms with E-state index in [2.05, 4.69) is 18.2 Å². The summed E-state index contributed by atoms with van der Waals surface area (Å²) in [6, 6.07) is 14.3. The lowest BCUT2D eigenvalue weighted by molar-refractivity contribution is -0.134.